The van der Waals surface area contributed by atoms with E-state index in [-0.39, 0.29) is 5.92 Å². The lowest BCUT2D eigenvalue weighted by Crippen LogP contribution is -2.09. The summed E-state index contributed by atoms with van der Waals surface area (Å²) in [5, 5.41) is 0. The van der Waals surface area contributed by atoms with Crippen molar-refractivity contribution in [2.45, 2.75) is 20.0 Å². The average molecular weight is 216 g/mol. The van der Waals surface area contributed by atoms with E-state index < -0.39 is 6.17 Å². The first-order valence-corrected chi connectivity index (χ1v) is 3.91. The van der Waals surface area contributed by atoms with E-state index in [2.05, 4.69) is 22.6 Å². The van der Waals surface area contributed by atoms with Crippen LogP contribution >= 0.6 is 22.6 Å². The van der Waals surface area contributed by atoms with Crippen molar-refractivity contribution in [1.29, 1.82) is 0 Å². The highest BCUT2D eigenvalue weighted by molar-refractivity contribution is 14.1. The van der Waals surface area contributed by atoms with Crippen LogP contribution in [-0.2, 0) is 0 Å². The lowest BCUT2D eigenvalue weighted by Gasteiger charge is -2.05. The molecule has 1 unspecified atom stereocenters. The molecule has 0 saturated carbocycles. The van der Waals surface area contributed by atoms with Crippen LogP contribution in [0.1, 0.15) is 13.8 Å². The first-order chi connectivity index (χ1) is 3.18. The second kappa shape index (κ2) is 3.64. The Morgan fingerprint density at radius 2 is 2.00 bits per heavy atom. The van der Waals surface area contributed by atoms with Crippen molar-refractivity contribution < 1.29 is 4.39 Å². The van der Waals surface area contributed by atoms with E-state index in [1.807, 2.05) is 13.8 Å². The Bertz CT molecular complexity index is 45.3. The lowest BCUT2D eigenvalue weighted by molar-refractivity contribution is 0.289. The third-order valence-electron chi connectivity index (χ3n) is 0.871. The molecule has 0 rings (SSSR count). The van der Waals surface area contributed by atoms with Gasteiger partial charge in [0.2, 0.25) is 0 Å². The lowest BCUT2D eigenvalue weighted by atomic mass is 10.1. The SMILES string of the molecule is CC(C)C(F)CI. The molecule has 0 radical (unpaired) electrons. The minimum absolute atomic E-state index is 0.192. The normalized spacial score (nSPS) is 15.0. The van der Waals surface area contributed by atoms with Gasteiger partial charge in [0, 0.05) is 4.43 Å². The van der Waals surface area contributed by atoms with Gasteiger partial charge < -0.3 is 0 Å². The number of hydrogen-bond donors (Lipinski definition) is 0. The molecule has 0 aromatic rings. The number of alkyl halides is 2. The molecule has 0 fully saturated rings. The Hall–Kier alpha value is 0.660. The van der Waals surface area contributed by atoms with Crippen molar-refractivity contribution in [2.24, 2.45) is 5.92 Å². The Labute approximate surface area is 57.6 Å². The predicted octanol–water partition coefficient (Wildman–Crippen LogP) is 2.42. The standard InChI is InChI=1S/C5H10FI/c1-4(2)5(6)3-7/h4-5H,3H2,1-2H3. The highest BCUT2D eigenvalue weighted by Gasteiger charge is 2.07. The van der Waals surface area contributed by atoms with Crippen LogP contribution in [0.3, 0.4) is 0 Å². The Morgan fingerprint density at radius 3 is 2.00 bits per heavy atom. The molecule has 44 valence electrons. The summed E-state index contributed by atoms with van der Waals surface area (Å²) in [6.07, 6.45) is -0.611. The topological polar surface area (TPSA) is 0 Å². The molecule has 0 spiro atoms. The summed E-state index contributed by atoms with van der Waals surface area (Å²) < 4.78 is 12.9. The molecule has 2 heteroatoms. The minimum atomic E-state index is -0.611. The molecular formula is C5H10FI. The molecule has 7 heavy (non-hydrogen) atoms. The summed E-state index contributed by atoms with van der Waals surface area (Å²) in [5.41, 5.74) is 0. The van der Waals surface area contributed by atoms with E-state index in [0.717, 1.165) is 0 Å². The molecule has 0 amide bonds. The molecule has 1 atom stereocenters. The highest BCUT2D eigenvalue weighted by Crippen LogP contribution is 2.07. The highest BCUT2D eigenvalue weighted by atomic mass is 127. The summed E-state index contributed by atoms with van der Waals surface area (Å²) in [7, 11) is 0. The Kier molecular flexibility index (Phi) is 3.98. The minimum Gasteiger partial charge on any atom is -0.246 e. The van der Waals surface area contributed by atoms with Gasteiger partial charge in [0.1, 0.15) is 6.17 Å². The van der Waals surface area contributed by atoms with Crippen LogP contribution in [0, 0.1) is 5.92 Å². The quantitative estimate of drug-likeness (QED) is 0.491. The van der Waals surface area contributed by atoms with Gasteiger partial charge in [0.05, 0.1) is 0 Å². The Morgan fingerprint density at radius 1 is 1.57 bits per heavy atom. The summed E-state index contributed by atoms with van der Waals surface area (Å²) in [5.74, 6) is 0.192. The van der Waals surface area contributed by atoms with Crippen LogP contribution in [-0.4, -0.2) is 10.6 Å². The van der Waals surface area contributed by atoms with Gasteiger partial charge in [-0.2, -0.15) is 0 Å². The molecule has 0 aliphatic heterocycles. The van der Waals surface area contributed by atoms with Gasteiger partial charge in [-0.1, -0.05) is 36.4 Å². The van der Waals surface area contributed by atoms with E-state index in [0.29, 0.717) is 4.43 Å². The zero-order valence-electron chi connectivity index (χ0n) is 4.62. The summed E-state index contributed by atoms with van der Waals surface area (Å²) >= 11 is 2.05. The third-order valence-corrected chi connectivity index (χ3v) is 1.71. The Balaban J connectivity index is 3.14. The van der Waals surface area contributed by atoms with E-state index in [1.165, 1.54) is 0 Å². The van der Waals surface area contributed by atoms with Crippen LogP contribution in [0.25, 0.3) is 0 Å². The smallest absolute Gasteiger partial charge is 0.111 e. The molecule has 0 heterocycles. The fourth-order valence-electron chi connectivity index (χ4n) is 0.178. The molecule has 0 nitrogen and oxygen atoms in total. The van der Waals surface area contributed by atoms with Crippen molar-refractivity contribution in [3.63, 3.8) is 0 Å². The zero-order chi connectivity index (χ0) is 5.86. The monoisotopic (exact) mass is 216 g/mol. The summed E-state index contributed by atoms with van der Waals surface area (Å²) in [4.78, 5) is 0. The van der Waals surface area contributed by atoms with Crippen molar-refractivity contribution in [3.05, 3.63) is 0 Å². The van der Waals surface area contributed by atoms with Crippen LogP contribution < -0.4 is 0 Å². The third kappa shape index (κ3) is 3.26. The number of hydrogen-bond acceptors (Lipinski definition) is 0. The van der Waals surface area contributed by atoms with Crippen LogP contribution in [0.5, 0.6) is 0 Å². The molecule has 0 N–H and O–H groups in total. The molecular weight excluding hydrogens is 206 g/mol. The van der Waals surface area contributed by atoms with E-state index in [4.69, 9.17) is 0 Å². The van der Waals surface area contributed by atoms with Crippen molar-refractivity contribution in [2.75, 3.05) is 4.43 Å². The molecule has 0 saturated heterocycles. The van der Waals surface area contributed by atoms with E-state index >= 15 is 0 Å². The zero-order valence-corrected chi connectivity index (χ0v) is 6.78. The summed E-state index contributed by atoms with van der Waals surface area (Å²) in [6.45, 7) is 3.78. The molecule has 0 aliphatic carbocycles. The molecule has 0 aromatic heterocycles. The van der Waals surface area contributed by atoms with Gasteiger partial charge in [-0.05, 0) is 5.92 Å². The molecule has 0 bridgehead atoms. The van der Waals surface area contributed by atoms with Gasteiger partial charge in [-0.3, -0.25) is 0 Å². The first kappa shape index (κ1) is 7.66. The van der Waals surface area contributed by atoms with Crippen molar-refractivity contribution >= 4 is 22.6 Å². The second-order valence-corrected chi connectivity index (χ2v) is 2.80. The van der Waals surface area contributed by atoms with Gasteiger partial charge in [-0.25, -0.2) is 4.39 Å². The van der Waals surface area contributed by atoms with Gasteiger partial charge >= 0.3 is 0 Å². The van der Waals surface area contributed by atoms with Crippen molar-refractivity contribution in [1.82, 2.24) is 0 Å². The summed E-state index contributed by atoms with van der Waals surface area (Å²) in [6, 6.07) is 0. The largest absolute Gasteiger partial charge is 0.246 e. The fourth-order valence-corrected chi connectivity index (χ4v) is 1.20. The molecule has 0 aromatic carbocycles. The second-order valence-electron chi connectivity index (χ2n) is 1.91. The number of halogens is 2. The maximum absolute atomic E-state index is 12.2. The van der Waals surface area contributed by atoms with E-state index in [1.54, 1.807) is 0 Å². The van der Waals surface area contributed by atoms with Crippen LogP contribution in [0.4, 0.5) is 4.39 Å². The van der Waals surface area contributed by atoms with Crippen molar-refractivity contribution in [3.8, 4) is 0 Å². The number of rotatable bonds is 2. The fraction of sp³-hybridized carbons (Fsp3) is 1.00. The van der Waals surface area contributed by atoms with Gasteiger partial charge in [0.15, 0.2) is 0 Å². The van der Waals surface area contributed by atoms with Gasteiger partial charge in [-0.15, -0.1) is 0 Å². The predicted molar refractivity (Wildman–Crippen MR) is 38.6 cm³/mol. The average Bonchev–Trinajstić information content (AvgIpc) is 1.65. The van der Waals surface area contributed by atoms with Gasteiger partial charge in [0.25, 0.3) is 0 Å². The maximum atomic E-state index is 12.2. The molecule has 0 aliphatic rings. The van der Waals surface area contributed by atoms with Crippen LogP contribution in [0.15, 0.2) is 0 Å². The maximum Gasteiger partial charge on any atom is 0.111 e. The van der Waals surface area contributed by atoms with Crippen LogP contribution in [0.2, 0.25) is 0 Å². The van der Waals surface area contributed by atoms with E-state index in [9.17, 15) is 4.39 Å². The first-order valence-electron chi connectivity index (χ1n) is 2.38.